The lowest BCUT2D eigenvalue weighted by molar-refractivity contribution is 0.304. The molecule has 0 amide bonds. The molecule has 0 fully saturated rings. The highest BCUT2D eigenvalue weighted by Crippen LogP contribution is 2.30. The van der Waals surface area contributed by atoms with Gasteiger partial charge >= 0.3 is 0 Å². The topological polar surface area (TPSA) is 76.7 Å². The highest BCUT2D eigenvalue weighted by Gasteiger charge is 2.20. The van der Waals surface area contributed by atoms with Crippen molar-refractivity contribution >= 4 is 21.8 Å². The van der Waals surface area contributed by atoms with Crippen molar-refractivity contribution in [2.45, 2.75) is 45.3 Å². The van der Waals surface area contributed by atoms with Gasteiger partial charge in [0.2, 0.25) is 0 Å². The van der Waals surface area contributed by atoms with Crippen molar-refractivity contribution in [3.63, 3.8) is 0 Å². The van der Waals surface area contributed by atoms with E-state index < -0.39 is 6.17 Å². The number of nitrogens with two attached hydrogens (primary N) is 1. The minimum absolute atomic E-state index is 0.0226. The first-order valence-electron chi connectivity index (χ1n) is 8.47. The van der Waals surface area contributed by atoms with Crippen LogP contribution in [0.25, 0.3) is 21.8 Å². The van der Waals surface area contributed by atoms with Crippen LogP contribution in [0.15, 0.2) is 16.9 Å². The molecule has 4 rings (SSSR count). The second-order valence-electron chi connectivity index (χ2n) is 6.67. The number of nitrogens with one attached hydrogen (secondary N) is 1. The van der Waals surface area contributed by atoms with Crippen LogP contribution in [-0.4, -0.2) is 27.5 Å². The van der Waals surface area contributed by atoms with Crippen molar-refractivity contribution < 1.29 is 4.39 Å². The molecule has 3 aromatic rings. The Morgan fingerprint density at radius 1 is 1.33 bits per heavy atom. The normalized spacial score (nSPS) is 15.8. The first-order chi connectivity index (χ1) is 11.6. The highest BCUT2D eigenvalue weighted by molar-refractivity contribution is 6.04. The van der Waals surface area contributed by atoms with Crippen LogP contribution in [0.1, 0.15) is 29.7 Å². The molecule has 2 heterocycles. The van der Waals surface area contributed by atoms with Crippen LogP contribution in [-0.2, 0) is 19.4 Å². The van der Waals surface area contributed by atoms with Gasteiger partial charge < -0.3 is 10.3 Å². The summed E-state index contributed by atoms with van der Waals surface area (Å²) in [6.45, 7) is 1.70. The van der Waals surface area contributed by atoms with Crippen LogP contribution >= 0.6 is 0 Å². The number of pyridine rings is 1. The molecule has 1 aromatic carbocycles. The smallest absolute Gasteiger partial charge is 0.262 e. The summed E-state index contributed by atoms with van der Waals surface area (Å²) in [5.74, 6) is 0. The van der Waals surface area contributed by atoms with Gasteiger partial charge in [-0.1, -0.05) is 0 Å². The second-order valence-corrected chi connectivity index (χ2v) is 6.67. The molecular formula is C18H21FN4O. The molecule has 2 aromatic heterocycles. The number of aromatic amines is 1. The lowest BCUT2D eigenvalue weighted by Gasteiger charge is -2.19. The summed E-state index contributed by atoms with van der Waals surface area (Å²) in [7, 11) is 0. The molecular weight excluding hydrogens is 307 g/mol. The van der Waals surface area contributed by atoms with E-state index in [4.69, 9.17) is 5.73 Å². The van der Waals surface area contributed by atoms with Gasteiger partial charge in [-0.2, -0.15) is 5.10 Å². The maximum Gasteiger partial charge on any atom is 0.262 e. The van der Waals surface area contributed by atoms with Gasteiger partial charge in [0, 0.05) is 17.6 Å². The fraction of sp³-hybridized carbons (Fsp3) is 0.444. The lowest BCUT2D eigenvalue weighted by Crippen LogP contribution is -2.29. The third-order valence-electron chi connectivity index (χ3n) is 5.05. The monoisotopic (exact) mass is 328 g/mol. The first kappa shape index (κ1) is 15.3. The summed E-state index contributed by atoms with van der Waals surface area (Å²) in [6.07, 6.45) is 3.14. The Balaban J connectivity index is 2.10. The minimum Gasteiger partial charge on any atom is -0.328 e. The van der Waals surface area contributed by atoms with Crippen molar-refractivity contribution in [3.05, 3.63) is 39.3 Å². The van der Waals surface area contributed by atoms with Gasteiger partial charge in [-0.15, -0.1) is 0 Å². The van der Waals surface area contributed by atoms with Crippen molar-refractivity contribution in [1.29, 1.82) is 0 Å². The summed E-state index contributed by atoms with van der Waals surface area (Å²) in [5, 5.41) is 8.70. The third-order valence-corrected chi connectivity index (χ3v) is 5.05. The molecule has 1 atom stereocenters. The van der Waals surface area contributed by atoms with E-state index in [1.165, 1.54) is 22.1 Å². The van der Waals surface area contributed by atoms with Gasteiger partial charge in [-0.3, -0.25) is 9.89 Å². The summed E-state index contributed by atoms with van der Waals surface area (Å²) >= 11 is 0. The maximum absolute atomic E-state index is 14.0. The Hall–Kier alpha value is -2.21. The SMILES string of the molecule is Cc1[nH]nc2c1c(=O)n(CC(F)CN)c1cc3c(cc21)CCCC3. The Bertz CT molecular complexity index is 988. The average molecular weight is 328 g/mol. The van der Waals surface area contributed by atoms with Crippen LogP contribution in [0.2, 0.25) is 0 Å². The largest absolute Gasteiger partial charge is 0.328 e. The lowest BCUT2D eigenvalue weighted by atomic mass is 9.90. The fourth-order valence-corrected chi connectivity index (χ4v) is 3.77. The van der Waals surface area contributed by atoms with Crippen molar-refractivity contribution in [2.75, 3.05) is 6.54 Å². The molecule has 0 saturated heterocycles. The van der Waals surface area contributed by atoms with E-state index in [2.05, 4.69) is 22.3 Å². The van der Waals surface area contributed by atoms with E-state index in [0.717, 1.165) is 30.2 Å². The van der Waals surface area contributed by atoms with E-state index in [9.17, 15) is 9.18 Å². The molecule has 5 nitrogen and oxygen atoms in total. The number of hydrogen-bond acceptors (Lipinski definition) is 3. The summed E-state index contributed by atoms with van der Waals surface area (Å²) in [4.78, 5) is 12.9. The molecule has 0 aliphatic heterocycles. The van der Waals surface area contributed by atoms with E-state index in [0.29, 0.717) is 16.6 Å². The van der Waals surface area contributed by atoms with Gasteiger partial charge in [-0.05, 0) is 55.9 Å². The number of aromatic nitrogens is 3. The first-order valence-corrected chi connectivity index (χ1v) is 8.47. The number of nitrogens with zero attached hydrogens (tertiary/aromatic N) is 2. The van der Waals surface area contributed by atoms with Crippen molar-refractivity contribution in [2.24, 2.45) is 5.73 Å². The summed E-state index contributed by atoms with van der Waals surface area (Å²) in [5.41, 5.74) is 9.97. The fourth-order valence-electron chi connectivity index (χ4n) is 3.77. The predicted molar refractivity (Wildman–Crippen MR) is 93.2 cm³/mol. The maximum atomic E-state index is 14.0. The van der Waals surface area contributed by atoms with Crippen LogP contribution in [0.4, 0.5) is 4.39 Å². The van der Waals surface area contributed by atoms with Crippen LogP contribution < -0.4 is 11.3 Å². The highest BCUT2D eigenvalue weighted by atomic mass is 19.1. The molecule has 24 heavy (non-hydrogen) atoms. The van der Waals surface area contributed by atoms with E-state index >= 15 is 0 Å². The second kappa shape index (κ2) is 5.70. The number of hydrogen-bond donors (Lipinski definition) is 2. The number of benzene rings is 1. The Kier molecular flexibility index (Phi) is 3.64. The summed E-state index contributed by atoms with van der Waals surface area (Å²) < 4.78 is 15.5. The molecule has 1 aliphatic carbocycles. The molecule has 6 heteroatoms. The molecule has 0 radical (unpaired) electrons. The number of H-pyrrole nitrogens is 1. The Labute approximate surface area is 138 Å². The van der Waals surface area contributed by atoms with Crippen LogP contribution in [0, 0.1) is 6.92 Å². The zero-order valence-corrected chi connectivity index (χ0v) is 13.7. The average Bonchev–Trinajstić information content (AvgIpc) is 2.99. The Morgan fingerprint density at radius 2 is 2.04 bits per heavy atom. The standard InChI is InChI=1S/C18H21FN4O/c1-10-16-17(22-21-10)14-6-11-4-2-3-5-12(11)7-15(14)23(18(16)24)9-13(19)8-20/h6-7,13H,2-5,8-9,20H2,1H3,(H,21,22). The van der Waals surface area contributed by atoms with Crippen LogP contribution in [0.3, 0.4) is 0 Å². The number of fused-ring (bicyclic) bond motifs is 4. The van der Waals surface area contributed by atoms with Crippen molar-refractivity contribution in [3.8, 4) is 0 Å². The van der Waals surface area contributed by atoms with Gasteiger partial charge in [0.1, 0.15) is 11.7 Å². The molecule has 3 N–H and O–H groups in total. The quantitative estimate of drug-likeness (QED) is 0.775. The van der Waals surface area contributed by atoms with Gasteiger partial charge in [0.15, 0.2) is 0 Å². The van der Waals surface area contributed by atoms with Crippen LogP contribution in [0.5, 0.6) is 0 Å². The van der Waals surface area contributed by atoms with Gasteiger partial charge in [-0.25, -0.2) is 4.39 Å². The minimum atomic E-state index is -1.24. The van der Waals surface area contributed by atoms with Crippen molar-refractivity contribution in [1.82, 2.24) is 14.8 Å². The number of alkyl halides is 1. The summed E-state index contributed by atoms with van der Waals surface area (Å²) in [6, 6.07) is 4.19. The number of halogens is 1. The van der Waals surface area contributed by atoms with Gasteiger partial charge in [0.25, 0.3) is 5.56 Å². The van der Waals surface area contributed by atoms with E-state index in [-0.39, 0.29) is 18.6 Å². The molecule has 1 aliphatic rings. The van der Waals surface area contributed by atoms with Gasteiger partial charge in [0.05, 0.1) is 17.4 Å². The molecule has 126 valence electrons. The molecule has 0 spiro atoms. The molecule has 1 unspecified atom stereocenters. The van der Waals surface area contributed by atoms with E-state index in [1.54, 1.807) is 0 Å². The Morgan fingerprint density at radius 3 is 2.75 bits per heavy atom. The number of aryl methyl sites for hydroxylation is 3. The molecule has 0 saturated carbocycles. The molecule has 0 bridgehead atoms. The number of rotatable bonds is 3. The van der Waals surface area contributed by atoms with E-state index in [1.807, 2.05) is 6.92 Å². The predicted octanol–water partition coefficient (Wildman–Crippen LogP) is 2.36. The zero-order valence-electron chi connectivity index (χ0n) is 13.7. The zero-order chi connectivity index (χ0) is 16.8. The third kappa shape index (κ3) is 2.24.